The van der Waals surface area contributed by atoms with Crippen molar-refractivity contribution in [3.05, 3.63) is 0 Å². The molecule has 100 valence electrons. The van der Waals surface area contributed by atoms with E-state index >= 15 is 0 Å². The third-order valence-corrected chi connectivity index (χ3v) is 3.38. The van der Waals surface area contributed by atoms with Crippen molar-refractivity contribution in [2.75, 3.05) is 26.2 Å². The maximum Gasteiger partial charge on any atom is 0.222 e. The molecular weight excluding hydrogens is 216 g/mol. The van der Waals surface area contributed by atoms with E-state index in [1.807, 2.05) is 11.8 Å². The molecule has 0 aromatic heterocycles. The summed E-state index contributed by atoms with van der Waals surface area (Å²) in [6.45, 7) is 7.09. The van der Waals surface area contributed by atoms with Crippen LogP contribution in [0.4, 0.5) is 0 Å². The number of likely N-dealkylation sites (tertiary alicyclic amines) is 1. The Hall–Kier alpha value is -0.610. The molecule has 0 aliphatic carbocycles. The summed E-state index contributed by atoms with van der Waals surface area (Å²) < 4.78 is 5.50. The Kier molecular flexibility index (Phi) is 6.52. The molecule has 4 nitrogen and oxygen atoms in total. The number of ether oxygens (including phenoxy) is 1. The standard InChI is InChI=1S/C13H26N2O2/c1-3-5-11-8-13(16)15(10-11)7-6-12(9-14)17-4-2/h11-12H,3-10,14H2,1-2H3. The van der Waals surface area contributed by atoms with Crippen LogP contribution in [0.3, 0.4) is 0 Å². The summed E-state index contributed by atoms with van der Waals surface area (Å²) in [5.41, 5.74) is 5.62. The lowest BCUT2D eigenvalue weighted by Crippen LogP contribution is -2.32. The second-order valence-corrected chi connectivity index (χ2v) is 4.80. The molecule has 2 atom stereocenters. The van der Waals surface area contributed by atoms with E-state index in [1.54, 1.807) is 0 Å². The van der Waals surface area contributed by atoms with Crippen molar-refractivity contribution in [3.63, 3.8) is 0 Å². The van der Waals surface area contributed by atoms with Crippen LogP contribution in [-0.2, 0) is 9.53 Å². The van der Waals surface area contributed by atoms with Gasteiger partial charge < -0.3 is 15.4 Å². The van der Waals surface area contributed by atoms with E-state index in [0.717, 1.165) is 38.8 Å². The second kappa shape index (κ2) is 7.67. The molecule has 1 rings (SSSR count). The van der Waals surface area contributed by atoms with Gasteiger partial charge in [0, 0.05) is 32.7 Å². The highest BCUT2D eigenvalue weighted by atomic mass is 16.5. The molecule has 2 unspecified atom stereocenters. The summed E-state index contributed by atoms with van der Waals surface area (Å²) in [4.78, 5) is 13.7. The third-order valence-electron chi connectivity index (χ3n) is 3.38. The molecule has 0 aromatic rings. The summed E-state index contributed by atoms with van der Waals surface area (Å²) in [5.74, 6) is 0.867. The van der Waals surface area contributed by atoms with E-state index in [0.29, 0.717) is 25.0 Å². The summed E-state index contributed by atoms with van der Waals surface area (Å²) in [7, 11) is 0. The number of carbonyl (C=O) groups is 1. The minimum atomic E-state index is 0.0954. The summed E-state index contributed by atoms with van der Waals surface area (Å²) in [6, 6.07) is 0. The number of amides is 1. The largest absolute Gasteiger partial charge is 0.377 e. The van der Waals surface area contributed by atoms with Crippen LogP contribution in [-0.4, -0.2) is 43.2 Å². The zero-order valence-electron chi connectivity index (χ0n) is 11.2. The Bertz CT molecular complexity index is 233. The molecule has 0 saturated carbocycles. The number of hydrogen-bond donors (Lipinski definition) is 1. The van der Waals surface area contributed by atoms with Crippen molar-refractivity contribution in [2.45, 2.75) is 45.6 Å². The van der Waals surface area contributed by atoms with Gasteiger partial charge in [0.2, 0.25) is 5.91 Å². The van der Waals surface area contributed by atoms with Gasteiger partial charge in [-0.25, -0.2) is 0 Å². The first-order chi connectivity index (χ1) is 8.21. The average molecular weight is 242 g/mol. The van der Waals surface area contributed by atoms with Gasteiger partial charge in [-0.3, -0.25) is 4.79 Å². The molecule has 0 aromatic carbocycles. The number of rotatable bonds is 8. The molecular formula is C13H26N2O2. The molecule has 0 bridgehead atoms. The van der Waals surface area contributed by atoms with E-state index in [2.05, 4.69) is 6.92 Å². The highest BCUT2D eigenvalue weighted by molar-refractivity contribution is 5.78. The topological polar surface area (TPSA) is 55.6 Å². The van der Waals surface area contributed by atoms with Crippen LogP contribution in [0.1, 0.15) is 39.5 Å². The summed E-state index contributed by atoms with van der Waals surface area (Å²) in [5, 5.41) is 0. The van der Waals surface area contributed by atoms with Crippen LogP contribution in [0.5, 0.6) is 0 Å². The number of nitrogens with zero attached hydrogens (tertiary/aromatic N) is 1. The molecule has 1 saturated heterocycles. The lowest BCUT2D eigenvalue weighted by Gasteiger charge is -2.20. The van der Waals surface area contributed by atoms with Crippen molar-refractivity contribution in [2.24, 2.45) is 11.7 Å². The highest BCUT2D eigenvalue weighted by Gasteiger charge is 2.28. The molecule has 17 heavy (non-hydrogen) atoms. The van der Waals surface area contributed by atoms with E-state index in [-0.39, 0.29) is 6.10 Å². The molecule has 1 heterocycles. The van der Waals surface area contributed by atoms with Crippen molar-refractivity contribution in [3.8, 4) is 0 Å². The van der Waals surface area contributed by atoms with Crippen LogP contribution in [0.2, 0.25) is 0 Å². The smallest absolute Gasteiger partial charge is 0.222 e. The van der Waals surface area contributed by atoms with Gasteiger partial charge in [0.15, 0.2) is 0 Å². The zero-order chi connectivity index (χ0) is 12.7. The quantitative estimate of drug-likeness (QED) is 0.700. The first kappa shape index (κ1) is 14.5. The third kappa shape index (κ3) is 4.64. The molecule has 4 heteroatoms. The molecule has 1 fully saturated rings. The van der Waals surface area contributed by atoms with Gasteiger partial charge in [0.05, 0.1) is 6.10 Å². The zero-order valence-corrected chi connectivity index (χ0v) is 11.2. The minimum absolute atomic E-state index is 0.0954. The molecule has 0 spiro atoms. The SMILES string of the molecule is CCCC1CC(=O)N(CCC(CN)OCC)C1. The van der Waals surface area contributed by atoms with Gasteiger partial charge in [-0.05, 0) is 25.7 Å². The van der Waals surface area contributed by atoms with Gasteiger partial charge in [-0.15, -0.1) is 0 Å². The number of carbonyl (C=O) groups excluding carboxylic acids is 1. The van der Waals surface area contributed by atoms with Gasteiger partial charge in [-0.2, -0.15) is 0 Å². The Morgan fingerprint density at radius 2 is 2.29 bits per heavy atom. The molecule has 0 radical (unpaired) electrons. The van der Waals surface area contributed by atoms with Crippen molar-refractivity contribution >= 4 is 5.91 Å². The lowest BCUT2D eigenvalue weighted by molar-refractivity contribution is -0.128. The van der Waals surface area contributed by atoms with Crippen LogP contribution in [0, 0.1) is 5.92 Å². The predicted octanol–water partition coefficient (Wildman–Crippen LogP) is 1.39. The maximum atomic E-state index is 11.8. The first-order valence-corrected chi connectivity index (χ1v) is 6.80. The average Bonchev–Trinajstić information content (AvgIpc) is 2.65. The Morgan fingerprint density at radius 1 is 1.53 bits per heavy atom. The van der Waals surface area contributed by atoms with E-state index < -0.39 is 0 Å². The highest BCUT2D eigenvalue weighted by Crippen LogP contribution is 2.22. The molecule has 1 aliphatic rings. The Balaban J connectivity index is 2.29. The molecule has 2 N–H and O–H groups in total. The predicted molar refractivity (Wildman–Crippen MR) is 68.7 cm³/mol. The van der Waals surface area contributed by atoms with Gasteiger partial charge in [0.1, 0.15) is 0 Å². The van der Waals surface area contributed by atoms with Crippen molar-refractivity contribution in [1.29, 1.82) is 0 Å². The van der Waals surface area contributed by atoms with Crippen LogP contribution < -0.4 is 5.73 Å². The van der Waals surface area contributed by atoms with E-state index in [9.17, 15) is 4.79 Å². The van der Waals surface area contributed by atoms with Crippen molar-refractivity contribution < 1.29 is 9.53 Å². The van der Waals surface area contributed by atoms with Crippen LogP contribution in [0.15, 0.2) is 0 Å². The monoisotopic (exact) mass is 242 g/mol. The summed E-state index contributed by atoms with van der Waals surface area (Å²) >= 11 is 0. The fraction of sp³-hybridized carbons (Fsp3) is 0.923. The normalized spacial score (nSPS) is 22.2. The van der Waals surface area contributed by atoms with E-state index in [1.165, 1.54) is 0 Å². The summed E-state index contributed by atoms with van der Waals surface area (Å²) in [6.07, 6.45) is 4.01. The second-order valence-electron chi connectivity index (χ2n) is 4.80. The van der Waals surface area contributed by atoms with Crippen LogP contribution in [0.25, 0.3) is 0 Å². The molecule has 1 aliphatic heterocycles. The number of nitrogens with two attached hydrogens (primary N) is 1. The lowest BCUT2D eigenvalue weighted by atomic mass is 10.0. The first-order valence-electron chi connectivity index (χ1n) is 6.80. The number of hydrogen-bond acceptors (Lipinski definition) is 3. The Morgan fingerprint density at radius 3 is 2.88 bits per heavy atom. The van der Waals surface area contributed by atoms with Crippen molar-refractivity contribution in [1.82, 2.24) is 4.90 Å². The minimum Gasteiger partial charge on any atom is -0.377 e. The van der Waals surface area contributed by atoms with Gasteiger partial charge in [-0.1, -0.05) is 13.3 Å². The fourth-order valence-corrected chi connectivity index (χ4v) is 2.48. The molecule has 1 amide bonds. The van der Waals surface area contributed by atoms with E-state index in [4.69, 9.17) is 10.5 Å². The van der Waals surface area contributed by atoms with Crippen LogP contribution >= 0.6 is 0 Å². The fourth-order valence-electron chi connectivity index (χ4n) is 2.48. The maximum absolute atomic E-state index is 11.8. The Labute approximate surface area is 104 Å². The van der Waals surface area contributed by atoms with Gasteiger partial charge in [0.25, 0.3) is 0 Å². The van der Waals surface area contributed by atoms with Gasteiger partial charge >= 0.3 is 0 Å².